The third-order valence-electron chi connectivity index (χ3n) is 3.05. The molecule has 116 valence electrons. The summed E-state index contributed by atoms with van der Waals surface area (Å²) in [6.45, 7) is 5.58. The van der Waals surface area contributed by atoms with Crippen LogP contribution >= 0.6 is 0 Å². The monoisotopic (exact) mass is 303 g/mol. The number of nitrogens with zero attached hydrogens (tertiary/aromatic N) is 5. The minimum absolute atomic E-state index is 0.140. The molecule has 1 heterocycles. The average molecular weight is 303 g/mol. The lowest BCUT2D eigenvalue weighted by Gasteiger charge is -2.10. The number of aryl methyl sites for hydroxylation is 1. The predicted octanol–water partition coefficient (Wildman–Crippen LogP) is 1.11. The molecule has 1 aromatic heterocycles. The van der Waals surface area contributed by atoms with Crippen molar-refractivity contribution in [3.8, 4) is 5.69 Å². The highest BCUT2D eigenvalue weighted by Crippen LogP contribution is 2.19. The van der Waals surface area contributed by atoms with E-state index < -0.39 is 0 Å². The summed E-state index contributed by atoms with van der Waals surface area (Å²) in [7, 11) is 3.04. The number of hydrogen-bond donors (Lipinski definition) is 0. The van der Waals surface area contributed by atoms with Crippen molar-refractivity contribution in [2.75, 3.05) is 7.11 Å². The fraction of sp³-hybridized carbons (Fsp3) is 0.286. The highest BCUT2D eigenvalue weighted by Gasteiger charge is 2.14. The molecule has 0 atom stereocenters. The molecule has 0 aliphatic carbocycles. The first-order valence-corrected chi connectivity index (χ1v) is 6.52. The number of tetrazole rings is 1. The molecular weight excluding hydrogens is 286 g/mol. The summed E-state index contributed by atoms with van der Waals surface area (Å²) in [5.41, 5.74) is 1.77. The first-order valence-electron chi connectivity index (χ1n) is 6.52. The summed E-state index contributed by atoms with van der Waals surface area (Å²) in [4.78, 5) is 17.3. The summed E-state index contributed by atoms with van der Waals surface area (Å²) < 4.78 is 7.26. The Hall–Kier alpha value is -2.90. The molecule has 0 bridgehead atoms. The molecular formula is C14H17N5O3. The van der Waals surface area contributed by atoms with Gasteiger partial charge >= 0.3 is 5.69 Å². The van der Waals surface area contributed by atoms with Gasteiger partial charge in [0, 0.05) is 19.5 Å². The standard InChI is InChI=1S/C14H17N5O3/c1-5-11-7-6-8-13(19-14(20)18(3)16-17-19)12(11)9-22-15-10(2)21-4/h5-8H,1,9H2,2-4H3. The van der Waals surface area contributed by atoms with Gasteiger partial charge < -0.3 is 9.57 Å². The van der Waals surface area contributed by atoms with Gasteiger partial charge in [-0.2, -0.15) is 9.36 Å². The lowest BCUT2D eigenvalue weighted by Crippen LogP contribution is -2.23. The van der Waals surface area contributed by atoms with Crippen LogP contribution in [-0.4, -0.2) is 32.8 Å². The number of aromatic nitrogens is 4. The highest BCUT2D eigenvalue weighted by atomic mass is 16.6. The second-order valence-electron chi connectivity index (χ2n) is 4.43. The lowest BCUT2D eigenvalue weighted by molar-refractivity contribution is 0.121. The van der Waals surface area contributed by atoms with Gasteiger partial charge in [-0.3, -0.25) is 0 Å². The summed E-state index contributed by atoms with van der Waals surface area (Å²) in [6, 6.07) is 5.43. The molecule has 0 saturated carbocycles. The van der Waals surface area contributed by atoms with E-state index >= 15 is 0 Å². The van der Waals surface area contributed by atoms with Crippen LogP contribution in [0.5, 0.6) is 0 Å². The molecule has 0 N–H and O–H groups in total. The maximum Gasteiger partial charge on any atom is 0.368 e. The minimum Gasteiger partial charge on any atom is -0.482 e. The first kappa shape index (κ1) is 15.5. The van der Waals surface area contributed by atoms with E-state index in [4.69, 9.17) is 9.57 Å². The Balaban J connectivity index is 2.44. The number of methoxy groups -OCH3 is 1. The predicted molar refractivity (Wildman–Crippen MR) is 81.6 cm³/mol. The molecule has 2 aromatic rings. The van der Waals surface area contributed by atoms with Gasteiger partial charge in [0.1, 0.15) is 6.61 Å². The number of oxime groups is 1. The highest BCUT2D eigenvalue weighted by molar-refractivity contribution is 5.72. The van der Waals surface area contributed by atoms with E-state index in [0.717, 1.165) is 15.8 Å². The fourth-order valence-electron chi connectivity index (χ4n) is 1.83. The van der Waals surface area contributed by atoms with E-state index in [1.54, 1.807) is 25.1 Å². The van der Waals surface area contributed by atoms with Crippen LogP contribution in [0.25, 0.3) is 11.8 Å². The SMILES string of the molecule is C=Cc1cccc(-n2nnn(C)c2=O)c1CON=C(C)OC. The van der Waals surface area contributed by atoms with Crippen molar-refractivity contribution >= 4 is 12.0 Å². The second-order valence-corrected chi connectivity index (χ2v) is 4.43. The van der Waals surface area contributed by atoms with Crippen LogP contribution < -0.4 is 5.69 Å². The Labute approximate surface area is 127 Å². The summed E-state index contributed by atoms with van der Waals surface area (Å²) in [5.74, 6) is 0.398. The zero-order valence-electron chi connectivity index (χ0n) is 12.7. The topological polar surface area (TPSA) is 83.5 Å². The molecule has 0 aliphatic rings. The van der Waals surface area contributed by atoms with Crippen LogP contribution in [0.1, 0.15) is 18.1 Å². The smallest absolute Gasteiger partial charge is 0.368 e. The Kier molecular flexibility index (Phi) is 4.72. The quantitative estimate of drug-likeness (QED) is 0.469. The van der Waals surface area contributed by atoms with Crippen molar-refractivity contribution in [1.82, 2.24) is 19.8 Å². The van der Waals surface area contributed by atoms with E-state index in [9.17, 15) is 4.79 Å². The van der Waals surface area contributed by atoms with Gasteiger partial charge in [-0.1, -0.05) is 29.9 Å². The summed E-state index contributed by atoms with van der Waals surface area (Å²) >= 11 is 0. The Morgan fingerprint density at radius 2 is 2.23 bits per heavy atom. The molecule has 0 spiro atoms. The van der Waals surface area contributed by atoms with E-state index in [1.165, 1.54) is 18.8 Å². The Morgan fingerprint density at radius 3 is 2.82 bits per heavy atom. The van der Waals surface area contributed by atoms with Crippen molar-refractivity contribution in [1.29, 1.82) is 0 Å². The number of ether oxygens (including phenoxy) is 1. The number of benzene rings is 1. The third kappa shape index (κ3) is 3.05. The van der Waals surface area contributed by atoms with Gasteiger partial charge in [0.25, 0.3) is 0 Å². The Morgan fingerprint density at radius 1 is 1.45 bits per heavy atom. The van der Waals surface area contributed by atoms with Gasteiger partial charge in [-0.15, -0.1) is 0 Å². The Bertz CT molecular complexity index is 760. The molecule has 0 fully saturated rings. The van der Waals surface area contributed by atoms with Crippen LogP contribution in [0.4, 0.5) is 0 Å². The van der Waals surface area contributed by atoms with E-state index in [2.05, 4.69) is 22.2 Å². The van der Waals surface area contributed by atoms with Gasteiger partial charge in [-0.05, 0) is 22.1 Å². The molecule has 8 heteroatoms. The molecule has 0 radical (unpaired) electrons. The molecule has 1 aromatic carbocycles. The van der Waals surface area contributed by atoms with E-state index in [-0.39, 0.29) is 12.3 Å². The third-order valence-corrected chi connectivity index (χ3v) is 3.05. The molecule has 2 rings (SSSR count). The van der Waals surface area contributed by atoms with Gasteiger partial charge in [0.15, 0.2) is 0 Å². The summed E-state index contributed by atoms with van der Waals surface area (Å²) in [5, 5.41) is 11.4. The maximum atomic E-state index is 12.0. The van der Waals surface area contributed by atoms with Gasteiger partial charge in [0.2, 0.25) is 5.90 Å². The summed E-state index contributed by atoms with van der Waals surface area (Å²) in [6.07, 6.45) is 1.68. The van der Waals surface area contributed by atoms with Crippen molar-refractivity contribution in [3.63, 3.8) is 0 Å². The molecule has 0 amide bonds. The van der Waals surface area contributed by atoms with Crippen LogP contribution in [0, 0.1) is 0 Å². The lowest BCUT2D eigenvalue weighted by atomic mass is 10.1. The second kappa shape index (κ2) is 6.70. The van der Waals surface area contributed by atoms with E-state index in [0.29, 0.717) is 11.6 Å². The zero-order chi connectivity index (χ0) is 16.1. The zero-order valence-corrected chi connectivity index (χ0v) is 12.7. The van der Waals surface area contributed by atoms with Crippen LogP contribution in [0.15, 0.2) is 34.7 Å². The van der Waals surface area contributed by atoms with E-state index in [1.807, 2.05) is 6.07 Å². The maximum absolute atomic E-state index is 12.0. The van der Waals surface area contributed by atoms with Crippen molar-refractivity contribution < 1.29 is 9.57 Å². The van der Waals surface area contributed by atoms with Gasteiger partial charge in [-0.25, -0.2) is 4.79 Å². The molecule has 8 nitrogen and oxygen atoms in total. The average Bonchev–Trinajstić information content (AvgIpc) is 2.86. The van der Waals surface area contributed by atoms with Crippen molar-refractivity contribution in [2.24, 2.45) is 12.2 Å². The van der Waals surface area contributed by atoms with Crippen LogP contribution in [0.3, 0.4) is 0 Å². The fourth-order valence-corrected chi connectivity index (χ4v) is 1.83. The minimum atomic E-state index is -0.348. The largest absolute Gasteiger partial charge is 0.482 e. The molecule has 0 unspecified atom stereocenters. The van der Waals surface area contributed by atoms with Crippen molar-refractivity contribution in [3.05, 3.63) is 46.4 Å². The first-order chi connectivity index (χ1) is 10.6. The van der Waals surface area contributed by atoms with Crippen LogP contribution in [-0.2, 0) is 23.2 Å². The molecule has 0 saturated heterocycles. The number of hydrogen-bond acceptors (Lipinski definition) is 6. The number of rotatable bonds is 5. The molecule has 0 aliphatic heterocycles. The van der Waals surface area contributed by atoms with Crippen LogP contribution in [0.2, 0.25) is 0 Å². The van der Waals surface area contributed by atoms with Gasteiger partial charge in [0.05, 0.1) is 12.8 Å². The molecule has 22 heavy (non-hydrogen) atoms. The van der Waals surface area contributed by atoms with Crippen molar-refractivity contribution in [2.45, 2.75) is 13.5 Å². The normalized spacial score (nSPS) is 11.3.